The van der Waals surface area contributed by atoms with Crippen molar-refractivity contribution in [2.75, 3.05) is 13.1 Å². The third kappa shape index (κ3) is 7.64. The number of hydrogen-bond acceptors (Lipinski definition) is 4. The van der Waals surface area contributed by atoms with Crippen LogP contribution in [0.2, 0.25) is 36.3 Å². The second kappa shape index (κ2) is 11.4. The maximum atomic E-state index is 13.5. The minimum absolute atomic E-state index is 0.0123. The van der Waals surface area contributed by atoms with E-state index in [9.17, 15) is 9.59 Å². The Bertz CT molecular complexity index is 668. The van der Waals surface area contributed by atoms with Crippen molar-refractivity contribution in [2.45, 2.75) is 136 Å². The molecular formula is C25H52N2O4Si2. The number of unbranched alkanes of at least 4 members (excludes halogenated alkanes) is 1. The van der Waals surface area contributed by atoms with Crippen LogP contribution in [0.3, 0.4) is 0 Å². The molecule has 0 aromatic carbocycles. The molecular weight excluding hydrogens is 448 g/mol. The summed E-state index contributed by atoms with van der Waals surface area (Å²) in [6.45, 7) is 27.2. The van der Waals surface area contributed by atoms with Crippen molar-refractivity contribution >= 4 is 28.4 Å². The molecule has 0 aliphatic carbocycles. The fourth-order valence-corrected chi connectivity index (χ4v) is 6.14. The van der Waals surface area contributed by atoms with E-state index < -0.39 is 28.8 Å². The first kappa shape index (κ1) is 30.3. The number of likely N-dealkylation sites (tertiary alicyclic amines) is 1. The van der Waals surface area contributed by atoms with Gasteiger partial charge < -0.3 is 19.1 Å². The first-order valence-corrected chi connectivity index (χ1v) is 18.6. The summed E-state index contributed by atoms with van der Waals surface area (Å²) in [5, 5.41) is 3.09. The quantitative estimate of drug-likeness (QED) is 0.309. The third-order valence-corrected chi connectivity index (χ3v) is 16.7. The first-order chi connectivity index (χ1) is 14.9. The van der Waals surface area contributed by atoms with Crippen molar-refractivity contribution in [3.05, 3.63) is 0 Å². The van der Waals surface area contributed by atoms with Crippen LogP contribution in [0.4, 0.5) is 0 Å². The number of amides is 2. The second-order valence-electron chi connectivity index (χ2n) is 12.6. The summed E-state index contributed by atoms with van der Waals surface area (Å²) in [5.74, 6) is -0.101. The molecule has 1 saturated heterocycles. The van der Waals surface area contributed by atoms with Gasteiger partial charge >= 0.3 is 0 Å². The fraction of sp³-hybridized carbons (Fsp3) is 0.920. The van der Waals surface area contributed by atoms with E-state index in [0.29, 0.717) is 19.5 Å². The van der Waals surface area contributed by atoms with Crippen molar-refractivity contribution < 1.29 is 18.4 Å². The Balaban J connectivity index is 3.45. The van der Waals surface area contributed by atoms with Gasteiger partial charge in [0, 0.05) is 19.5 Å². The average Bonchev–Trinajstić information content (AvgIpc) is 2.97. The van der Waals surface area contributed by atoms with E-state index >= 15 is 0 Å². The highest BCUT2D eigenvalue weighted by Crippen LogP contribution is 2.43. The predicted molar refractivity (Wildman–Crippen MR) is 142 cm³/mol. The Morgan fingerprint density at radius 2 is 1.42 bits per heavy atom. The summed E-state index contributed by atoms with van der Waals surface area (Å²) in [6, 6.07) is -0.648. The molecule has 1 rings (SSSR count). The highest BCUT2D eigenvalue weighted by Gasteiger charge is 2.54. The van der Waals surface area contributed by atoms with Crippen molar-refractivity contribution in [3.8, 4) is 0 Å². The van der Waals surface area contributed by atoms with E-state index in [1.807, 2.05) is 6.92 Å². The largest absolute Gasteiger partial charge is 0.409 e. The van der Waals surface area contributed by atoms with E-state index in [1.165, 1.54) is 0 Å². The van der Waals surface area contributed by atoms with Gasteiger partial charge in [-0.2, -0.15) is 0 Å². The van der Waals surface area contributed by atoms with Gasteiger partial charge in [-0.3, -0.25) is 9.59 Å². The van der Waals surface area contributed by atoms with Crippen molar-refractivity contribution in [1.82, 2.24) is 10.2 Å². The van der Waals surface area contributed by atoms with Gasteiger partial charge in [0.2, 0.25) is 11.8 Å². The molecule has 1 N–H and O–H groups in total. The van der Waals surface area contributed by atoms with Gasteiger partial charge in [-0.25, -0.2) is 0 Å². The maximum Gasteiger partial charge on any atom is 0.245 e. The van der Waals surface area contributed by atoms with Gasteiger partial charge in [-0.15, -0.1) is 0 Å². The summed E-state index contributed by atoms with van der Waals surface area (Å²) >= 11 is 0. The highest BCUT2D eigenvalue weighted by molar-refractivity contribution is 6.74. The van der Waals surface area contributed by atoms with Gasteiger partial charge in [0.05, 0.1) is 6.10 Å². The van der Waals surface area contributed by atoms with Crippen LogP contribution in [-0.4, -0.2) is 64.7 Å². The van der Waals surface area contributed by atoms with Gasteiger partial charge in [-0.05, 0) is 49.1 Å². The van der Waals surface area contributed by atoms with E-state index in [4.69, 9.17) is 8.85 Å². The molecule has 0 spiro atoms. The number of carbonyl (C=O) groups excluding carboxylic acids is 2. The van der Waals surface area contributed by atoms with Crippen molar-refractivity contribution in [3.63, 3.8) is 0 Å². The molecule has 0 radical (unpaired) electrons. The van der Waals surface area contributed by atoms with Crippen LogP contribution in [0.1, 0.15) is 81.1 Å². The number of nitrogens with one attached hydrogen (secondary N) is 1. The summed E-state index contributed by atoms with van der Waals surface area (Å²) in [5.41, 5.74) is 0. The monoisotopic (exact) mass is 500 g/mol. The van der Waals surface area contributed by atoms with Crippen LogP contribution < -0.4 is 5.32 Å². The fourth-order valence-electron chi connectivity index (χ4n) is 3.51. The maximum absolute atomic E-state index is 13.5. The zero-order valence-corrected chi connectivity index (χ0v) is 25.6. The Labute approximate surface area is 205 Å². The molecule has 33 heavy (non-hydrogen) atoms. The van der Waals surface area contributed by atoms with Gasteiger partial charge in [0.1, 0.15) is 12.1 Å². The number of hydrogen-bond donors (Lipinski definition) is 1. The molecule has 1 aliphatic rings. The van der Waals surface area contributed by atoms with E-state index in [1.54, 1.807) is 4.90 Å². The SMILES string of the molecule is CCCCNC(=O)C1[C@H](O[Si](C)(C)C(C)(C)C)[C@@H](O[Si](C)(C)C(C)(C)C)CN1C(=O)CCC. The standard InChI is InChI=1S/C25H52N2O4Si2/c1-13-15-17-26-23(29)21-22(31-33(11,12)25(6,7)8)19(18-27(21)20(28)16-14-2)30-32(9,10)24(3,4)5/h19,21-22H,13-18H2,1-12H3,(H,26,29)/t19-,21?,22+/m0/s1. The molecule has 1 fully saturated rings. The number of carbonyl (C=O) groups is 2. The van der Waals surface area contributed by atoms with Gasteiger partial charge in [0.15, 0.2) is 16.6 Å². The Morgan fingerprint density at radius 3 is 1.88 bits per heavy atom. The van der Waals surface area contributed by atoms with Crippen molar-refractivity contribution in [2.24, 2.45) is 0 Å². The predicted octanol–water partition coefficient (Wildman–Crippen LogP) is 5.69. The van der Waals surface area contributed by atoms with Crippen LogP contribution in [0.5, 0.6) is 0 Å². The Morgan fingerprint density at radius 1 is 0.909 bits per heavy atom. The van der Waals surface area contributed by atoms with Crippen LogP contribution in [0, 0.1) is 0 Å². The molecule has 3 atom stereocenters. The van der Waals surface area contributed by atoms with E-state index in [2.05, 4.69) is 80.0 Å². The normalized spacial score (nSPS) is 22.5. The van der Waals surface area contributed by atoms with Gasteiger partial charge in [0.25, 0.3) is 0 Å². The molecule has 8 heteroatoms. The summed E-state index contributed by atoms with van der Waals surface area (Å²) < 4.78 is 13.8. The zero-order chi connectivity index (χ0) is 25.8. The van der Waals surface area contributed by atoms with Crippen LogP contribution in [0.15, 0.2) is 0 Å². The summed E-state index contributed by atoms with van der Waals surface area (Å²) in [6.07, 6.45) is 2.34. The lowest BCUT2D eigenvalue weighted by Gasteiger charge is -2.43. The lowest BCUT2D eigenvalue weighted by Crippen LogP contribution is -2.56. The van der Waals surface area contributed by atoms with Crippen LogP contribution in [-0.2, 0) is 18.4 Å². The average molecular weight is 501 g/mol. The molecule has 6 nitrogen and oxygen atoms in total. The number of nitrogens with zero attached hydrogens (tertiary/aromatic N) is 1. The van der Waals surface area contributed by atoms with Crippen LogP contribution in [0.25, 0.3) is 0 Å². The van der Waals surface area contributed by atoms with Crippen LogP contribution >= 0.6 is 0 Å². The molecule has 0 aromatic heterocycles. The minimum atomic E-state index is -2.22. The molecule has 0 saturated carbocycles. The summed E-state index contributed by atoms with van der Waals surface area (Å²) in [7, 11) is -4.37. The smallest absolute Gasteiger partial charge is 0.245 e. The second-order valence-corrected chi connectivity index (χ2v) is 22.2. The Kier molecular flexibility index (Phi) is 10.4. The molecule has 194 valence electrons. The molecule has 1 heterocycles. The number of rotatable bonds is 10. The summed E-state index contributed by atoms with van der Waals surface area (Å²) in [4.78, 5) is 28.4. The van der Waals surface area contributed by atoms with Gasteiger partial charge in [-0.1, -0.05) is 61.8 Å². The zero-order valence-electron chi connectivity index (χ0n) is 23.6. The molecule has 1 unspecified atom stereocenters. The Hall–Kier alpha value is -0.706. The van der Waals surface area contributed by atoms with Crippen molar-refractivity contribution in [1.29, 1.82) is 0 Å². The lowest BCUT2D eigenvalue weighted by atomic mass is 10.1. The molecule has 0 bridgehead atoms. The molecule has 0 aromatic rings. The minimum Gasteiger partial charge on any atom is -0.409 e. The lowest BCUT2D eigenvalue weighted by molar-refractivity contribution is -0.140. The topological polar surface area (TPSA) is 67.9 Å². The first-order valence-electron chi connectivity index (χ1n) is 12.8. The highest BCUT2D eigenvalue weighted by atomic mass is 28.4. The molecule has 1 aliphatic heterocycles. The van der Waals surface area contributed by atoms with E-state index in [0.717, 1.165) is 19.3 Å². The van der Waals surface area contributed by atoms with E-state index in [-0.39, 0.29) is 28.0 Å². The third-order valence-electron chi connectivity index (χ3n) is 7.76. The molecule has 2 amide bonds.